The highest BCUT2D eigenvalue weighted by atomic mass is 14.2. The normalized spacial score (nSPS) is 12.8. The Kier molecular flexibility index (Phi) is 2.36. The van der Waals surface area contributed by atoms with Crippen molar-refractivity contribution in [2.24, 2.45) is 0 Å². The molecular weight excluding hydrogens is 204 g/mol. The molecule has 1 aliphatic carbocycles. The molecule has 0 spiro atoms. The second-order valence-electron chi connectivity index (χ2n) is 4.75. The van der Waals surface area contributed by atoms with Gasteiger partial charge in [-0.15, -0.1) is 0 Å². The second-order valence-corrected chi connectivity index (χ2v) is 4.75. The number of hydrogen-bond acceptors (Lipinski definition) is 0. The third kappa shape index (κ3) is 1.61. The molecule has 0 saturated carbocycles. The van der Waals surface area contributed by atoms with E-state index < -0.39 is 0 Å². The van der Waals surface area contributed by atoms with E-state index in [9.17, 15) is 0 Å². The molecule has 0 nitrogen and oxygen atoms in total. The fourth-order valence-corrected chi connectivity index (χ4v) is 2.75. The van der Waals surface area contributed by atoms with E-state index >= 15 is 0 Å². The van der Waals surface area contributed by atoms with E-state index in [4.69, 9.17) is 0 Å². The highest BCUT2D eigenvalue weighted by Crippen LogP contribution is 2.34. The summed E-state index contributed by atoms with van der Waals surface area (Å²) in [5.41, 5.74) is 8.36. The van der Waals surface area contributed by atoms with Crippen LogP contribution in [-0.2, 0) is 6.42 Å². The largest absolute Gasteiger partial charge is 0.0795 e. The van der Waals surface area contributed by atoms with E-state index in [0.29, 0.717) is 0 Å². The van der Waals surface area contributed by atoms with Crippen LogP contribution in [0.3, 0.4) is 0 Å². The number of benzene rings is 2. The van der Waals surface area contributed by atoms with Crippen LogP contribution in [-0.4, -0.2) is 0 Å². The Balaban J connectivity index is 2.30. The van der Waals surface area contributed by atoms with Crippen LogP contribution in [0.4, 0.5) is 0 Å². The van der Waals surface area contributed by atoms with E-state index in [2.05, 4.69) is 62.4 Å². The molecule has 17 heavy (non-hydrogen) atoms. The molecule has 0 atom stereocenters. The average molecular weight is 220 g/mol. The molecule has 0 aliphatic heterocycles. The van der Waals surface area contributed by atoms with E-state index in [0.717, 1.165) is 6.42 Å². The van der Waals surface area contributed by atoms with Crippen molar-refractivity contribution in [3.8, 4) is 11.1 Å². The van der Waals surface area contributed by atoms with Gasteiger partial charge in [-0.25, -0.2) is 0 Å². The highest BCUT2D eigenvalue weighted by Gasteiger charge is 2.13. The second kappa shape index (κ2) is 3.89. The van der Waals surface area contributed by atoms with Crippen LogP contribution >= 0.6 is 0 Å². The summed E-state index contributed by atoms with van der Waals surface area (Å²) < 4.78 is 0. The molecule has 0 heterocycles. The van der Waals surface area contributed by atoms with Crippen molar-refractivity contribution in [1.82, 2.24) is 0 Å². The zero-order valence-corrected chi connectivity index (χ0v) is 10.3. The monoisotopic (exact) mass is 220 g/mol. The SMILES string of the molecule is Cc1cccc(C)c1-c1cccc2c1C=CC2. The molecule has 0 saturated heterocycles. The zero-order chi connectivity index (χ0) is 11.8. The number of allylic oxidation sites excluding steroid dienone is 1. The summed E-state index contributed by atoms with van der Waals surface area (Å²) in [7, 11) is 0. The Morgan fingerprint density at radius 2 is 1.59 bits per heavy atom. The summed E-state index contributed by atoms with van der Waals surface area (Å²) in [6, 6.07) is 13.2. The Labute approximate surface area is 103 Å². The molecule has 84 valence electrons. The Morgan fingerprint density at radius 1 is 0.882 bits per heavy atom. The maximum Gasteiger partial charge on any atom is -0.00879 e. The van der Waals surface area contributed by atoms with Gasteiger partial charge in [-0.05, 0) is 53.6 Å². The van der Waals surface area contributed by atoms with Crippen molar-refractivity contribution in [3.63, 3.8) is 0 Å². The molecule has 1 aliphatic rings. The predicted octanol–water partition coefficient (Wildman–Crippen LogP) is 4.54. The first-order chi connectivity index (χ1) is 8.27. The van der Waals surface area contributed by atoms with Crippen LogP contribution in [0.1, 0.15) is 22.3 Å². The summed E-state index contributed by atoms with van der Waals surface area (Å²) in [6.07, 6.45) is 5.59. The van der Waals surface area contributed by atoms with Gasteiger partial charge in [0.2, 0.25) is 0 Å². The van der Waals surface area contributed by atoms with Crippen LogP contribution < -0.4 is 0 Å². The van der Waals surface area contributed by atoms with Crippen molar-refractivity contribution in [3.05, 3.63) is 64.7 Å². The quantitative estimate of drug-likeness (QED) is 0.662. The molecule has 0 radical (unpaired) electrons. The van der Waals surface area contributed by atoms with Gasteiger partial charge >= 0.3 is 0 Å². The van der Waals surface area contributed by atoms with Gasteiger partial charge in [-0.2, -0.15) is 0 Å². The molecule has 0 amide bonds. The number of hydrogen-bond donors (Lipinski definition) is 0. The lowest BCUT2D eigenvalue weighted by Crippen LogP contribution is -1.92. The van der Waals surface area contributed by atoms with Gasteiger partial charge in [0.15, 0.2) is 0 Å². The maximum absolute atomic E-state index is 2.26. The van der Waals surface area contributed by atoms with Crippen LogP contribution in [0.5, 0.6) is 0 Å². The van der Waals surface area contributed by atoms with Gasteiger partial charge in [0.25, 0.3) is 0 Å². The fourth-order valence-electron chi connectivity index (χ4n) is 2.75. The van der Waals surface area contributed by atoms with Crippen LogP contribution in [0.15, 0.2) is 42.5 Å². The lowest BCUT2D eigenvalue weighted by atomic mass is 9.91. The predicted molar refractivity (Wildman–Crippen MR) is 74.1 cm³/mol. The Bertz CT molecular complexity index is 583. The minimum Gasteiger partial charge on any atom is -0.0795 e. The minimum absolute atomic E-state index is 1.08. The minimum atomic E-state index is 1.08. The Hall–Kier alpha value is -1.82. The van der Waals surface area contributed by atoms with Gasteiger partial charge in [-0.3, -0.25) is 0 Å². The number of rotatable bonds is 1. The first-order valence-corrected chi connectivity index (χ1v) is 6.12. The molecule has 0 fully saturated rings. The third-order valence-electron chi connectivity index (χ3n) is 3.57. The Morgan fingerprint density at radius 3 is 2.35 bits per heavy atom. The average Bonchev–Trinajstić information content (AvgIpc) is 2.77. The topological polar surface area (TPSA) is 0 Å². The van der Waals surface area contributed by atoms with Gasteiger partial charge in [0.1, 0.15) is 0 Å². The van der Waals surface area contributed by atoms with E-state index in [1.807, 2.05) is 0 Å². The van der Waals surface area contributed by atoms with Crippen LogP contribution in [0.25, 0.3) is 17.2 Å². The molecule has 3 rings (SSSR count). The summed E-state index contributed by atoms with van der Waals surface area (Å²) in [6.45, 7) is 4.39. The van der Waals surface area contributed by atoms with Crippen LogP contribution in [0.2, 0.25) is 0 Å². The van der Waals surface area contributed by atoms with Gasteiger partial charge in [0.05, 0.1) is 0 Å². The highest BCUT2D eigenvalue weighted by molar-refractivity contribution is 5.82. The molecule has 2 aromatic rings. The summed E-state index contributed by atoms with van der Waals surface area (Å²) in [4.78, 5) is 0. The van der Waals surface area contributed by atoms with E-state index in [-0.39, 0.29) is 0 Å². The van der Waals surface area contributed by atoms with Gasteiger partial charge in [-0.1, -0.05) is 48.6 Å². The zero-order valence-electron chi connectivity index (χ0n) is 10.3. The summed E-state index contributed by atoms with van der Waals surface area (Å²) >= 11 is 0. The van der Waals surface area contributed by atoms with Crippen LogP contribution in [0, 0.1) is 13.8 Å². The van der Waals surface area contributed by atoms with Crippen molar-refractivity contribution >= 4 is 6.08 Å². The van der Waals surface area contributed by atoms with Crippen molar-refractivity contribution in [2.45, 2.75) is 20.3 Å². The molecule has 0 aromatic heterocycles. The molecule has 2 aromatic carbocycles. The summed E-state index contributed by atoms with van der Waals surface area (Å²) in [5, 5.41) is 0. The first-order valence-electron chi connectivity index (χ1n) is 6.12. The molecule has 0 heteroatoms. The first kappa shape index (κ1) is 10.3. The number of aryl methyl sites for hydroxylation is 2. The van der Waals surface area contributed by atoms with E-state index in [1.54, 1.807) is 0 Å². The standard InChI is InChI=1S/C17H16/c1-12-6-3-7-13(2)17(12)16-11-5-9-14-8-4-10-15(14)16/h3-7,9-11H,8H2,1-2H3. The lowest BCUT2D eigenvalue weighted by Gasteiger charge is -2.13. The summed E-state index contributed by atoms with van der Waals surface area (Å²) in [5.74, 6) is 0. The fraction of sp³-hybridized carbons (Fsp3) is 0.176. The lowest BCUT2D eigenvalue weighted by molar-refractivity contribution is 1.30. The van der Waals surface area contributed by atoms with E-state index in [1.165, 1.54) is 33.4 Å². The van der Waals surface area contributed by atoms with Crippen molar-refractivity contribution in [1.29, 1.82) is 0 Å². The molecule has 0 bridgehead atoms. The number of fused-ring (bicyclic) bond motifs is 1. The molecule has 0 N–H and O–H groups in total. The van der Waals surface area contributed by atoms with Crippen molar-refractivity contribution < 1.29 is 0 Å². The van der Waals surface area contributed by atoms with Gasteiger partial charge < -0.3 is 0 Å². The smallest absolute Gasteiger partial charge is 0.00879 e. The molecule has 0 unspecified atom stereocenters. The van der Waals surface area contributed by atoms with Crippen molar-refractivity contribution in [2.75, 3.05) is 0 Å². The maximum atomic E-state index is 2.26. The molecular formula is C17H16. The third-order valence-corrected chi connectivity index (χ3v) is 3.57. The van der Waals surface area contributed by atoms with Gasteiger partial charge in [0, 0.05) is 0 Å².